The molecule has 0 aliphatic rings. The van der Waals surface area contributed by atoms with Crippen molar-refractivity contribution >= 4 is 23.2 Å². The Hall–Kier alpha value is -0.310. The Balaban J connectivity index is 2.89. The van der Waals surface area contributed by atoms with Gasteiger partial charge in [-0.1, -0.05) is 31.5 Å². The fourth-order valence-corrected chi connectivity index (χ4v) is 1.65. The zero-order valence-electron chi connectivity index (χ0n) is 8.78. The first kappa shape index (κ1) is 12.8. The van der Waals surface area contributed by atoms with Gasteiger partial charge < -0.3 is 5.32 Å². The number of alkyl halides is 1. The summed E-state index contributed by atoms with van der Waals surface area (Å²) < 4.78 is 13.0. The summed E-state index contributed by atoms with van der Waals surface area (Å²) in [5.41, 5.74) is 0.873. The van der Waals surface area contributed by atoms with E-state index in [0.717, 1.165) is 12.1 Å². The molecule has 0 aliphatic heterocycles. The van der Waals surface area contributed by atoms with E-state index in [1.807, 2.05) is 0 Å². The zero-order valence-corrected chi connectivity index (χ0v) is 10.3. The molecule has 1 N–H and O–H groups in total. The summed E-state index contributed by atoms with van der Waals surface area (Å²) in [6, 6.07) is 5.20. The number of halogens is 3. The predicted octanol–water partition coefficient (Wildman–Crippen LogP) is 3.54. The van der Waals surface area contributed by atoms with Crippen LogP contribution >= 0.6 is 23.2 Å². The van der Waals surface area contributed by atoms with E-state index < -0.39 is 0 Å². The first-order valence-electron chi connectivity index (χ1n) is 4.69. The summed E-state index contributed by atoms with van der Waals surface area (Å²) in [6.07, 6.45) is 0. The molecule has 0 fully saturated rings. The Morgan fingerprint density at radius 3 is 2.60 bits per heavy atom. The SMILES string of the molecule is CC(C)(CNCCl)c1ccc(F)c(Cl)c1. The van der Waals surface area contributed by atoms with Crippen LogP contribution in [-0.4, -0.2) is 12.5 Å². The second-order valence-electron chi connectivity index (χ2n) is 4.07. The maximum Gasteiger partial charge on any atom is 0.141 e. The lowest BCUT2D eigenvalue weighted by atomic mass is 9.84. The Bertz CT molecular complexity index is 339. The normalized spacial score (nSPS) is 11.8. The molecule has 0 bridgehead atoms. The second-order valence-corrected chi connectivity index (χ2v) is 4.75. The highest BCUT2D eigenvalue weighted by Gasteiger charge is 2.20. The van der Waals surface area contributed by atoms with Crippen molar-refractivity contribution < 1.29 is 4.39 Å². The molecule has 84 valence electrons. The molecule has 0 heterocycles. The first-order valence-corrected chi connectivity index (χ1v) is 5.61. The summed E-state index contributed by atoms with van der Waals surface area (Å²) in [5, 5.41) is 3.21. The fourth-order valence-electron chi connectivity index (χ4n) is 1.38. The molecule has 0 atom stereocenters. The van der Waals surface area contributed by atoms with Crippen molar-refractivity contribution in [3.63, 3.8) is 0 Å². The molecule has 1 aromatic rings. The molecule has 4 heteroatoms. The van der Waals surface area contributed by atoms with Gasteiger partial charge in [-0.3, -0.25) is 0 Å². The van der Waals surface area contributed by atoms with Gasteiger partial charge in [0.05, 0.1) is 11.0 Å². The summed E-state index contributed by atoms with van der Waals surface area (Å²) >= 11 is 11.3. The number of rotatable bonds is 4. The number of hydrogen-bond donors (Lipinski definition) is 1. The molecule has 0 saturated heterocycles. The standard InChI is InChI=1S/C11H14Cl2FN/c1-11(2,6-15-7-12)8-3-4-10(14)9(13)5-8/h3-5,15H,6-7H2,1-2H3. The molecule has 0 radical (unpaired) electrons. The smallest absolute Gasteiger partial charge is 0.141 e. The van der Waals surface area contributed by atoms with E-state index in [1.165, 1.54) is 6.07 Å². The van der Waals surface area contributed by atoms with Gasteiger partial charge in [0.1, 0.15) is 5.82 Å². The van der Waals surface area contributed by atoms with Gasteiger partial charge in [-0.2, -0.15) is 0 Å². The van der Waals surface area contributed by atoms with E-state index >= 15 is 0 Å². The van der Waals surface area contributed by atoms with E-state index in [-0.39, 0.29) is 16.3 Å². The van der Waals surface area contributed by atoms with Crippen LogP contribution < -0.4 is 5.32 Å². The topological polar surface area (TPSA) is 12.0 Å². The van der Waals surface area contributed by atoms with Gasteiger partial charge in [-0.15, -0.1) is 11.6 Å². The number of nitrogens with one attached hydrogen (secondary N) is 1. The van der Waals surface area contributed by atoms with E-state index in [4.69, 9.17) is 23.2 Å². The molecule has 0 aromatic heterocycles. The average molecular weight is 250 g/mol. The molecule has 0 saturated carbocycles. The van der Waals surface area contributed by atoms with Crippen molar-refractivity contribution in [3.8, 4) is 0 Å². The third-order valence-electron chi connectivity index (χ3n) is 2.36. The van der Waals surface area contributed by atoms with Gasteiger partial charge in [0.2, 0.25) is 0 Å². The van der Waals surface area contributed by atoms with E-state index in [2.05, 4.69) is 19.2 Å². The molecule has 1 nitrogen and oxygen atoms in total. The summed E-state index contributed by atoms with van der Waals surface area (Å²) in [7, 11) is 0. The van der Waals surface area contributed by atoms with Crippen LogP contribution in [0.3, 0.4) is 0 Å². The van der Waals surface area contributed by atoms with Gasteiger partial charge in [0, 0.05) is 12.0 Å². The maximum atomic E-state index is 13.0. The molecule has 1 aromatic carbocycles. The van der Waals surface area contributed by atoms with Crippen molar-refractivity contribution in [2.45, 2.75) is 19.3 Å². The van der Waals surface area contributed by atoms with Crippen molar-refractivity contribution in [1.82, 2.24) is 5.32 Å². The van der Waals surface area contributed by atoms with Crippen LogP contribution in [0.15, 0.2) is 18.2 Å². The summed E-state index contributed by atoms with van der Waals surface area (Å²) in [4.78, 5) is 0. The van der Waals surface area contributed by atoms with Gasteiger partial charge in [0.25, 0.3) is 0 Å². The molecule has 15 heavy (non-hydrogen) atoms. The van der Waals surface area contributed by atoms with Crippen LogP contribution in [0.25, 0.3) is 0 Å². The lowest BCUT2D eigenvalue weighted by molar-refractivity contribution is 0.488. The largest absolute Gasteiger partial charge is 0.303 e. The maximum absolute atomic E-state index is 13.0. The zero-order chi connectivity index (χ0) is 11.5. The highest BCUT2D eigenvalue weighted by atomic mass is 35.5. The highest BCUT2D eigenvalue weighted by molar-refractivity contribution is 6.30. The number of benzene rings is 1. The summed E-state index contributed by atoms with van der Waals surface area (Å²) in [5.74, 6) is -0.387. The van der Waals surface area contributed by atoms with Gasteiger partial charge >= 0.3 is 0 Å². The second kappa shape index (κ2) is 5.15. The molecular formula is C11H14Cl2FN. The van der Waals surface area contributed by atoms with Gasteiger partial charge in [0.15, 0.2) is 0 Å². The lowest BCUT2D eigenvalue weighted by Gasteiger charge is -2.25. The molecule has 0 amide bonds. The minimum absolute atomic E-state index is 0.119. The molecule has 1 rings (SSSR count). The molecule has 0 spiro atoms. The van der Waals surface area contributed by atoms with Crippen molar-refractivity contribution in [1.29, 1.82) is 0 Å². The molecular weight excluding hydrogens is 236 g/mol. The fraction of sp³-hybridized carbons (Fsp3) is 0.455. The first-order chi connectivity index (χ1) is 6.97. The van der Waals surface area contributed by atoms with E-state index in [9.17, 15) is 4.39 Å². The van der Waals surface area contributed by atoms with Crippen LogP contribution in [0, 0.1) is 5.82 Å². The van der Waals surface area contributed by atoms with Crippen molar-refractivity contribution in [3.05, 3.63) is 34.6 Å². The number of hydrogen-bond acceptors (Lipinski definition) is 1. The van der Waals surface area contributed by atoms with Crippen LogP contribution in [-0.2, 0) is 5.41 Å². The lowest BCUT2D eigenvalue weighted by Crippen LogP contribution is -2.32. The Kier molecular flexibility index (Phi) is 4.38. The van der Waals surface area contributed by atoms with E-state index in [0.29, 0.717) is 6.00 Å². The quantitative estimate of drug-likeness (QED) is 0.636. The van der Waals surface area contributed by atoms with Crippen LogP contribution in [0.4, 0.5) is 4.39 Å². The third kappa shape index (κ3) is 3.33. The van der Waals surface area contributed by atoms with Crippen molar-refractivity contribution in [2.24, 2.45) is 0 Å². The average Bonchev–Trinajstić information content (AvgIpc) is 2.19. The highest BCUT2D eigenvalue weighted by Crippen LogP contribution is 2.26. The van der Waals surface area contributed by atoms with Crippen LogP contribution in [0.1, 0.15) is 19.4 Å². The van der Waals surface area contributed by atoms with Crippen molar-refractivity contribution in [2.75, 3.05) is 12.5 Å². The summed E-state index contributed by atoms with van der Waals surface area (Å²) in [6.45, 7) is 4.82. The molecule has 0 unspecified atom stereocenters. The minimum atomic E-state index is -0.387. The monoisotopic (exact) mass is 249 g/mol. The van der Waals surface area contributed by atoms with Crippen LogP contribution in [0.5, 0.6) is 0 Å². The predicted molar refractivity (Wildman–Crippen MR) is 63.2 cm³/mol. The van der Waals surface area contributed by atoms with Crippen LogP contribution in [0.2, 0.25) is 5.02 Å². The van der Waals surface area contributed by atoms with E-state index in [1.54, 1.807) is 12.1 Å². The Labute approximate surface area is 99.6 Å². The van der Waals surface area contributed by atoms with Gasteiger partial charge in [-0.05, 0) is 17.7 Å². The van der Waals surface area contributed by atoms with Gasteiger partial charge in [-0.25, -0.2) is 4.39 Å². The Morgan fingerprint density at radius 1 is 1.40 bits per heavy atom. The Morgan fingerprint density at radius 2 is 2.07 bits per heavy atom. The minimum Gasteiger partial charge on any atom is -0.303 e. The molecule has 0 aliphatic carbocycles. The third-order valence-corrected chi connectivity index (χ3v) is 2.84.